The Kier molecular flexibility index (Phi) is 4.73. The van der Waals surface area contributed by atoms with Crippen molar-refractivity contribution in [3.05, 3.63) is 24.3 Å². The Bertz CT molecular complexity index is 455. The van der Waals surface area contributed by atoms with Crippen LogP contribution in [0.2, 0.25) is 0 Å². The molecule has 6 nitrogen and oxygen atoms in total. The van der Waals surface area contributed by atoms with E-state index in [0.29, 0.717) is 0 Å². The lowest BCUT2D eigenvalue weighted by Crippen LogP contribution is -2.32. The zero-order valence-electron chi connectivity index (χ0n) is 10.5. The molecular weight excluding hydrogens is 266 g/mol. The largest absolute Gasteiger partial charge is 0.340 e. The highest BCUT2D eigenvalue weighted by Gasteiger charge is 2.34. The van der Waals surface area contributed by atoms with E-state index in [1.165, 1.54) is 18.7 Å². The van der Waals surface area contributed by atoms with Crippen LogP contribution in [0.15, 0.2) is 18.7 Å². The van der Waals surface area contributed by atoms with Crippen LogP contribution < -0.4 is 5.48 Å². The maximum absolute atomic E-state index is 11.9. The summed E-state index contributed by atoms with van der Waals surface area (Å²) in [5.41, 5.74) is 2.40. The van der Waals surface area contributed by atoms with Crippen LogP contribution in [0.4, 0.5) is 0 Å². The number of thioether (sulfide) groups is 1. The van der Waals surface area contributed by atoms with Crippen LogP contribution in [0, 0.1) is 5.92 Å². The van der Waals surface area contributed by atoms with Gasteiger partial charge < -0.3 is 4.84 Å². The van der Waals surface area contributed by atoms with Gasteiger partial charge in [0.2, 0.25) is 0 Å². The van der Waals surface area contributed by atoms with E-state index in [0.717, 1.165) is 18.6 Å². The maximum Gasteiger partial charge on any atom is 0.336 e. The Balaban J connectivity index is 1.85. The fourth-order valence-electron chi connectivity index (χ4n) is 1.97. The summed E-state index contributed by atoms with van der Waals surface area (Å²) >= 11 is 1.78. The summed E-state index contributed by atoms with van der Waals surface area (Å²) in [6, 6.07) is 0. The predicted molar refractivity (Wildman–Crippen MR) is 70.2 cm³/mol. The van der Waals surface area contributed by atoms with Crippen LogP contribution in [0.5, 0.6) is 0 Å². The number of rotatable bonds is 3. The van der Waals surface area contributed by atoms with Gasteiger partial charge in [0, 0.05) is 17.6 Å². The number of carbonyl (C=O) groups is 2. The quantitative estimate of drug-likeness (QED) is 0.838. The molecule has 0 spiro atoms. The van der Waals surface area contributed by atoms with Crippen LogP contribution >= 0.6 is 11.8 Å². The van der Waals surface area contributed by atoms with Crippen molar-refractivity contribution in [2.45, 2.75) is 25.0 Å². The minimum atomic E-state index is -0.521. The fourth-order valence-corrected chi connectivity index (χ4v) is 3.38. The number of amides is 1. The lowest BCUT2D eigenvalue weighted by molar-refractivity contribution is -0.153. The number of hydrogen-bond donors (Lipinski definition) is 1. The maximum atomic E-state index is 11.9. The molecule has 2 atom stereocenters. The molecule has 0 aromatic carbocycles. The van der Waals surface area contributed by atoms with E-state index in [2.05, 4.69) is 15.4 Å². The lowest BCUT2D eigenvalue weighted by atomic mass is 10.0. The van der Waals surface area contributed by atoms with Gasteiger partial charge in [0.05, 0.1) is 11.5 Å². The first-order valence-electron chi connectivity index (χ1n) is 6.10. The first-order chi connectivity index (χ1) is 9.22. The lowest BCUT2D eigenvalue weighted by Gasteiger charge is -2.15. The molecule has 7 heteroatoms. The van der Waals surface area contributed by atoms with Crippen LogP contribution in [0.25, 0.3) is 0 Å². The minimum absolute atomic E-state index is 0.137. The van der Waals surface area contributed by atoms with Crippen molar-refractivity contribution in [3.63, 3.8) is 0 Å². The van der Waals surface area contributed by atoms with Crippen molar-refractivity contribution in [1.29, 1.82) is 0 Å². The standard InChI is InChI=1S/C12H15N3O3S/c1-2-10-9(3-4-19-10)12(17)18-15-11(16)8-5-13-7-14-6-8/h5-7,9-10H,2-4H2,1H3,(H,15,16). The predicted octanol–water partition coefficient (Wildman–Crippen LogP) is 1.20. The normalized spacial score (nSPS) is 21.9. The van der Waals surface area contributed by atoms with E-state index >= 15 is 0 Å². The Morgan fingerprint density at radius 3 is 2.89 bits per heavy atom. The van der Waals surface area contributed by atoms with Crippen molar-refractivity contribution in [1.82, 2.24) is 15.4 Å². The molecule has 1 fully saturated rings. The monoisotopic (exact) mass is 281 g/mol. The van der Waals surface area contributed by atoms with Gasteiger partial charge in [-0.15, -0.1) is 0 Å². The number of aromatic nitrogens is 2. The van der Waals surface area contributed by atoms with E-state index in [1.54, 1.807) is 11.8 Å². The van der Waals surface area contributed by atoms with Crippen molar-refractivity contribution in [3.8, 4) is 0 Å². The second-order valence-corrected chi connectivity index (χ2v) is 5.54. The van der Waals surface area contributed by atoms with Crippen LogP contribution in [0.3, 0.4) is 0 Å². The number of hydroxylamine groups is 1. The van der Waals surface area contributed by atoms with Crippen LogP contribution in [-0.2, 0) is 9.63 Å². The van der Waals surface area contributed by atoms with Gasteiger partial charge in [0.15, 0.2) is 0 Å². The van der Waals surface area contributed by atoms with Gasteiger partial charge in [-0.05, 0) is 18.6 Å². The van der Waals surface area contributed by atoms with Crippen molar-refractivity contribution < 1.29 is 14.4 Å². The molecule has 0 saturated carbocycles. The number of carbonyl (C=O) groups excluding carboxylic acids is 2. The topological polar surface area (TPSA) is 81.2 Å². The molecule has 1 saturated heterocycles. The highest BCUT2D eigenvalue weighted by molar-refractivity contribution is 8.00. The van der Waals surface area contributed by atoms with Crippen LogP contribution in [0.1, 0.15) is 30.1 Å². The molecule has 19 heavy (non-hydrogen) atoms. The second kappa shape index (κ2) is 6.51. The van der Waals surface area contributed by atoms with E-state index < -0.39 is 5.91 Å². The molecular formula is C12H15N3O3S. The Labute approximate surface area is 115 Å². The third-order valence-corrected chi connectivity index (χ3v) is 4.54. The Hall–Kier alpha value is -1.63. The van der Waals surface area contributed by atoms with Gasteiger partial charge >= 0.3 is 5.97 Å². The molecule has 1 aliphatic rings. The summed E-state index contributed by atoms with van der Waals surface area (Å²) < 4.78 is 0. The molecule has 102 valence electrons. The summed E-state index contributed by atoms with van der Waals surface area (Å²) in [7, 11) is 0. The molecule has 2 heterocycles. The highest BCUT2D eigenvalue weighted by Crippen LogP contribution is 2.34. The first kappa shape index (κ1) is 13.8. The van der Waals surface area contributed by atoms with Crippen LogP contribution in [-0.4, -0.2) is 32.8 Å². The first-order valence-corrected chi connectivity index (χ1v) is 7.15. The highest BCUT2D eigenvalue weighted by atomic mass is 32.2. The van der Waals surface area contributed by atoms with Gasteiger partial charge in [-0.3, -0.25) is 4.79 Å². The van der Waals surface area contributed by atoms with E-state index in [-0.39, 0.29) is 22.7 Å². The summed E-state index contributed by atoms with van der Waals surface area (Å²) in [6.07, 6.45) is 5.76. The fraction of sp³-hybridized carbons (Fsp3) is 0.500. The molecule has 0 radical (unpaired) electrons. The Morgan fingerprint density at radius 1 is 1.47 bits per heavy atom. The van der Waals surface area contributed by atoms with Gasteiger partial charge in [-0.2, -0.15) is 17.2 Å². The zero-order chi connectivity index (χ0) is 13.7. The van der Waals surface area contributed by atoms with Gasteiger partial charge in [0.25, 0.3) is 5.91 Å². The van der Waals surface area contributed by atoms with Crippen molar-refractivity contribution in [2.24, 2.45) is 5.92 Å². The van der Waals surface area contributed by atoms with Gasteiger partial charge in [-0.25, -0.2) is 14.8 Å². The van der Waals surface area contributed by atoms with E-state index in [4.69, 9.17) is 4.84 Å². The average molecular weight is 281 g/mol. The molecule has 0 bridgehead atoms. The number of hydrogen-bond acceptors (Lipinski definition) is 6. The second-order valence-electron chi connectivity index (χ2n) is 4.19. The SMILES string of the molecule is CCC1SCCC1C(=O)ONC(=O)c1cncnc1. The molecule has 1 aromatic rings. The van der Waals surface area contributed by atoms with E-state index in [1.807, 2.05) is 6.92 Å². The molecule has 2 rings (SSSR count). The Morgan fingerprint density at radius 2 is 2.21 bits per heavy atom. The average Bonchev–Trinajstić information content (AvgIpc) is 2.93. The van der Waals surface area contributed by atoms with Gasteiger partial charge in [-0.1, -0.05) is 6.92 Å². The van der Waals surface area contributed by atoms with Crippen molar-refractivity contribution >= 4 is 23.6 Å². The zero-order valence-corrected chi connectivity index (χ0v) is 11.4. The summed E-state index contributed by atoms with van der Waals surface area (Å²) in [5.74, 6) is -0.0734. The van der Waals surface area contributed by atoms with Crippen molar-refractivity contribution in [2.75, 3.05) is 5.75 Å². The molecule has 2 unspecified atom stereocenters. The minimum Gasteiger partial charge on any atom is -0.340 e. The smallest absolute Gasteiger partial charge is 0.336 e. The summed E-state index contributed by atoms with van der Waals surface area (Å²) in [4.78, 5) is 35.8. The number of nitrogens with zero attached hydrogens (tertiary/aromatic N) is 2. The van der Waals surface area contributed by atoms with Gasteiger partial charge in [0.1, 0.15) is 6.33 Å². The molecule has 1 aliphatic heterocycles. The third kappa shape index (κ3) is 3.44. The van der Waals surface area contributed by atoms with E-state index in [9.17, 15) is 9.59 Å². The molecule has 0 aliphatic carbocycles. The third-order valence-electron chi connectivity index (χ3n) is 2.98. The molecule has 1 aromatic heterocycles. The summed E-state index contributed by atoms with van der Waals surface area (Å²) in [5, 5.41) is 0.282. The summed E-state index contributed by atoms with van der Waals surface area (Å²) in [6.45, 7) is 2.04. The number of nitrogens with one attached hydrogen (secondary N) is 1. The molecule has 1 amide bonds. The molecule has 1 N–H and O–H groups in total.